The molecule has 0 amide bonds. The fraction of sp³-hybridized carbons (Fsp3) is 0.294. The first-order valence-electron chi connectivity index (χ1n) is 7.11. The zero-order valence-corrected chi connectivity index (χ0v) is 13.5. The summed E-state index contributed by atoms with van der Waals surface area (Å²) >= 11 is 12.1. The van der Waals surface area contributed by atoms with Crippen LogP contribution < -0.4 is 10.2 Å². The Morgan fingerprint density at radius 2 is 1.76 bits per heavy atom. The van der Waals surface area contributed by atoms with E-state index in [0.717, 1.165) is 19.6 Å². The lowest BCUT2D eigenvalue weighted by Crippen LogP contribution is -2.57. The van der Waals surface area contributed by atoms with Gasteiger partial charge in [0.1, 0.15) is 0 Å². The summed E-state index contributed by atoms with van der Waals surface area (Å²) in [6.45, 7) is 4.99. The minimum Gasteiger partial charge on any atom is -0.362 e. The van der Waals surface area contributed by atoms with Crippen molar-refractivity contribution in [3.8, 4) is 0 Å². The van der Waals surface area contributed by atoms with Crippen molar-refractivity contribution in [2.24, 2.45) is 0 Å². The van der Waals surface area contributed by atoms with Crippen molar-refractivity contribution in [1.82, 2.24) is 5.32 Å². The zero-order chi connectivity index (χ0) is 14.8. The van der Waals surface area contributed by atoms with Crippen LogP contribution in [-0.4, -0.2) is 19.1 Å². The predicted molar refractivity (Wildman–Crippen MR) is 90.5 cm³/mol. The summed E-state index contributed by atoms with van der Waals surface area (Å²) in [4.78, 5) is 2.43. The van der Waals surface area contributed by atoms with Crippen LogP contribution in [0.5, 0.6) is 0 Å². The maximum absolute atomic E-state index is 6.13. The average Bonchev–Trinajstić information content (AvgIpc) is 2.41. The maximum Gasteiger partial charge on any atom is 0.0595 e. The van der Waals surface area contributed by atoms with Crippen molar-refractivity contribution in [2.75, 3.05) is 18.0 Å². The quantitative estimate of drug-likeness (QED) is 0.904. The van der Waals surface area contributed by atoms with E-state index in [1.165, 1.54) is 16.8 Å². The average molecular weight is 321 g/mol. The number of nitrogens with zero attached hydrogens (tertiary/aromatic N) is 1. The molecule has 3 rings (SSSR count). The molecular weight excluding hydrogens is 303 g/mol. The number of hydrogen-bond acceptors (Lipinski definition) is 2. The molecule has 1 N–H and O–H groups in total. The molecule has 1 heterocycles. The van der Waals surface area contributed by atoms with Gasteiger partial charge in [-0.05, 0) is 36.8 Å². The third-order valence-electron chi connectivity index (χ3n) is 3.90. The molecule has 1 aliphatic heterocycles. The standard InChI is InChI=1S/C17H18Cl2N2/c1-12-2-5-14(6-3-12)21(15-9-20-10-15)11-13-4-7-16(18)17(19)8-13/h2-8,15,20H,9-11H2,1H3. The minimum absolute atomic E-state index is 0.530. The van der Waals surface area contributed by atoms with Gasteiger partial charge in [-0.2, -0.15) is 0 Å². The van der Waals surface area contributed by atoms with Gasteiger partial charge in [0, 0.05) is 25.3 Å². The van der Waals surface area contributed by atoms with Crippen molar-refractivity contribution in [3.05, 3.63) is 63.6 Å². The Kier molecular flexibility index (Phi) is 4.39. The highest BCUT2D eigenvalue weighted by Crippen LogP contribution is 2.26. The molecule has 1 fully saturated rings. The molecule has 21 heavy (non-hydrogen) atoms. The number of nitrogens with one attached hydrogen (secondary N) is 1. The second-order valence-corrected chi connectivity index (χ2v) is 6.34. The van der Waals surface area contributed by atoms with E-state index in [2.05, 4.69) is 41.4 Å². The van der Waals surface area contributed by atoms with E-state index in [1.807, 2.05) is 18.2 Å². The number of anilines is 1. The van der Waals surface area contributed by atoms with Gasteiger partial charge in [0.15, 0.2) is 0 Å². The van der Waals surface area contributed by atoms with Gasteiger partial charge in [-0.25, -0.2) is 0 Å². The Bertz CT molecular complexity index is 621. The highest BCUT2D eigenvalue weighted by molar-refractivity contribution is 6.42. The lowest BCUT2D eigenvalue weighted by Gasteiger charge is -2.40. The first-order chi connectivity index (χ1) is 10.1. The van der Waals surface area contributed by atoms with E-state index in [-0.39, 0.29) is 0 Å². The van der Waals surface area contributed by atoms with Crippen LogP contribution in [0.4, 0.5) is 5.69 Å². The highest BCUT2D eigenvalue weighted by atomic mass is 35.5. The number of halogens is 2. The van der Waals surface area contributed by atoms with Gasteiger partial charge in [0.2, 0.25) is 0 Å². The van der Waals surface area contributed by atoms with Gasteiger partial charge in [0.25, 0.3) is 0 Å². The summed E-state index contributed by atoms with van der Waals surface area (Å²) < 4.78 is 0. The molecule has 0 saturated carbocycles. The second-order valence-electron chi connectivity index (χ2n) is 5.52. The van der Waals surface area contributed by atoms with Gasteiger partial charge in [-0.1, -0.05) is 47.0 Å². The Morgan fingerprint density at radius 1 is 1.05 bits per heavy atom. The molecule has 2 aromatic carbocycles. The van der Waals surface area contributed by atoms with Crippen LogP contribution in [0.1, 0.15) is 11.1 Å². The summed E-state index contributed by atoms with van der Waals surface area (Å²) in [5.74, 6) is 0. The molecule has 1 aliphatic rings. The van der Waals surface area contributed by atoms with E-state index in [0.29, 0.717) is 16.1 Å². The molecule has 0 bridgehead atoms. The number of aryl methyl sites for hydroxylation is 1. The van der Waals surface area contributed by atoms with E-state index in [4.69, 9.17) is 23.2 Å². The molecule has 0 unspecified atom stereocenters. The summed E-state index contributed by atoms with van der Waals surface area (Å²) in [6, 6.07) is 15.1. The third kappa shape index (κ3) is 3.34. The second kappa shape index (κ2) is 6.27. The van der Waals surface area contributed by atoms with Gasteiger partial charge in [0.05, 0.1) is 16.1 Å². The predicted octanol–water partition coefficient (Wildman–Crippen LogP) is 4.28. The number of benzene rings is 2. The van der Waals surface area contributed by atoms with Gasteiger partial charge < -0.3 is 10.2 Å². The van der Waals surface area contributed by atoms with Crippen molar-refractivity contribution in [2.45, 2.75) is 19.5 Å². The molecule has 0 spiro atoms. The van der Waals surface area contributed by atoms with Crippen LogP contribution in [0.3, 0.4) is 0 Å². The van der Waals surface area contributed by atoms with E-state index in [9.17, 15) is 0 Å². The Balaban J connectivity index is 1.85. The largest absolute Gasteiger partial charge is 0.362 e. The van der Waals surface area contributed by atoms with Crippen molar-refractivity contribution < 1.29 is 0 Å². The lowest BCUT2D eigenvalue weighted by molar-refractivity contribution is 0.411. The molecular formula is C17H18Cl2N2. The maximum atomic E-state index is 6.13. The Labute approximate surface area is 135 Å². The molecule has 0 radical (unpaired) electrons. The summed E-state index contributed by atoms with van der Waals surface area (Å²) in [7, 11) is 0. The number of hydrogen-bond donors (Lipinski definition) is 1. The smallest absolute Gasteiger partial charge is 0.0595 e. The minimum atomic E-state index is 0.530. The van der Waals surface area contributed by atoms with Crippen molar-refractivity contribution >= 4 is 28.9 Å². The molecule has 0 aliphatic carbocycles. The van der Waals surface area contributed by atoms with Gasteiger partial charge in [-0.15, -0.1) is 0 Å². The molecule has 0 aromatic heterocycles. The van der Waals surface area contributed by atoms with Crippen LogP contribution in [-0.2, 0) is 6.54 Å². The normalized spacial score (nSPS) is 14.8. The van der Waals surface area contributed by atoms with Crippen molar-refractivity contribution in [3.63, 3.8) is 0 Å². The van der Waals surface area contributed by atoms with Crippen molar-refractivity contribution in [1.29, 1.82) is 0 Å². The fourth-order valence-corrected chi connectivity index (χ4v) is 2.82. The molecule has 1 saturated heterocycles. The zero-order valence-electron chi connectivity index (χ0n) is 11.9. The monoisotopic (exact) mass is 320 g/mol. The molecule has 110 valence electrons. The van der Waals surface area contributed by atoms with E-state index < -0.39 is 0 Å². The molecule has 4 heteroatoms. The van der Waals surface area contributed by atoms with Crippen LogP contribution >= 0.6 is 23.2 Å². The van der Waals surface area contributed by atoms with Gasteiger partial charge >= 0.3 is 0 Å². The summed E-state index contributed by atoms with van der Waals surface area (Å²) in [6.07, 6.45) is 0. The van der Waals surface area contributed by atoms with Crippen LogP contribution in [0.15, 0.2) is 42.5 Å². The van der Waals surface area contributed by atoms with Crippen LogP contribution in [0, 0.1) is 6.92 Å². The fourth-order valence-electron chi connectivity index (χ4n) is 2.50. The first kappa shape index (κ1) is 14.7. The first-order valence-corrected chi connectivity index (χ1v) is 7.87. The van der Waals surface area contributed by atoms with Crippen LogP contribution in [0.2, 0.25) is 10.0 Å². The number of rotatable bonds is 4. The topological polar surface area (TPSA) is 15.3 Å². The molecule has 0 atom stereocenters. The summed E-state index contributed by atoms with van der Waals surface area (Å²) in [5, 5.41) is 4.56. The highest BCUT2D eigenvalue weighted by Gasteiger charge is 2.25. The molecule has 2 nitrogen and oxygen atoms in total. The Morgan fingerprint density at radius 3 is 2.33 bits per heavy atom. The Hall–Kier alpha value is -1.22. The lowest BCUT2D eigenvalue weighted by atomic mass is 10.1. The molecule has 2 aromatic rings. The van der Waals surface area contributed by atoms with Crippen LogP contribution in [0.25, 0.3) is 0 Å². The summed E-state index contributed by atoms with van der Waals surface area (Å²) in [5.41, 5.74) is 3.70. The van der Waals surface area contributed by atoms with E-state index in [1.54, 1.807) is 0 Å². The SMILES string of the molecule is Cc1ccc(N(Cc2ccc(Cl)c(Cl)c2)C2CNC2)cc1. The van der Waals surface area contributed by atoms with Gasteiger partial charge in [-0.3, -0.25) is 0 Å². The third-order valence-corrected chi connectivity index (χ3v) is 4.64. The van der Waals surface area contributed by atoms with E-state index >= 15 is 0 Å².